The Kier molecular flexibility index (Phi) is 3.86. The second-order valence-corrected chi connectivity index (χ2v) is 5.55. The SMILES string of the molecule is O=C(O)[C@@H]1CN(Cc2cccc3cnccc23)CC[C@H]1O. The van der Waals surface area contributed by atoms with Crippen LogP contribution in [-0.2, 0) is 11.3 Å². The minimum atomic E-state index is -0.922. The van der Waals surface area contributed by atoms with Gasteiger partial charge >= 0.3 is 5.97 Å². The van der Waals surface area contributed by atoms with Crippen LogP contribution in [-0.4, -0.2) is 45.3 Å². The molecule has 2 atom stereocenters. The largest absolute Gasteiger partial charge is 0.481 e. The van der Waals surface area contributed by atoms with Crippen LogP contribution in [0.3, 0.4) is 0 Å². The van der Waals surface area contributed by atoms with Gasteiger partial charge in [-0.25, -0.2) is 0 Å². The smallest absolute Gasteiger partial charge is 0.310 e. The third-order valence-electron chi connectivity index (χ3n) is 4.14. The molecule has 0 radical (unpaired) electrons. The maximum absolute atomic E-state index is 11.2. The highest BCUT2D eigenvalue weighted by molar-refractivity contribution is 5.84. The van der Waals surface area contributed by atoms with E-state index < -0.39 is 18.0 Å². The highest BCUT2D eigenvalue weighted by atomic mass is 16.4. The fraction of sp³-hybridized carbons (Fsp3) is 0.375. The number of fused-ring (bicyclic) bond motifs is 1. The second-order valence-electron chi connectivity index (χ2n) is 5.55. The average Bonchev–Trinajstić information content (AvgIpc) is 2.49. The molecule has 1 saturated heterocycles. The van der Waals surface area contributed by atoms with Crippen LogP contribution in [0.4, 0.5) is 0 Å². The molecule has 1 aromatic carbocycles. The summed E-state index contributed by atoms with van der Waals surface area (Å²) in [6.45, 7) is 1.79. The van der Waals surface area contributed by atoms with Gasteiger partial charge in [0.05, 0.1) is 12.0 Å². The Labute approximate surface area is 122 Å². The molecule has 2 aromatic rings. The highest BCUT2D eigenvalue weighted by Gasteiger charge is 2.33. The van der Waals surface area contributed by atoms with Crippen molar-refractivity contribution in [3.63, 3.8) is 0 Å². The third kappa shape index (κ3) is 2.89. The molecule has 1 aliphatic heterocycles. The zero-order valence-corrected chi connectivity index (χ0v) is 11.6. The van der Waals surface area contributed by atoms with Crippen molar-refractivity contribution < 1.29 is 15.0 Å². The zero-order valence-electron chi connectivity index (χ0n) is 11.6. The number of aliphatic carboxylic acids is 1. The Balaban J connectivity index is 1.81. The average molecular weight is 286 g/mol. The molecule has 0 saturated carbocycles. The number of carbonyl (C=O) groups is 1. The van der Waals surface area contributed by atoms with Gasteiger partial charge in [0.2, 0.25) is 0 Å². The molecule has 2 N–H and O–H groups in total. The molecule has 1 aliphatic rings. The minimum absolute atomic E-state index is 0.387. The van der Waals surface area contributed by atoms with Gasteiger partial charge in [-0.15, -0.1) is 0 Å². The Bertz CT molecular complexity index is 654. The van der Waals surface area contributed by atoms with Gasteiger partial charge in [-0.05, 0) is 23.4 Å². The molecule has 3 rings (SSSR count). The van der Waals surface area contributed by atoms with Crippen molar-refractivity contribution in [2.24, 2.45) is 5.92 Å². The molecular formula is C16H18N2O3. The number of aliphatic hydroxyl groups is 1. The molecule has 2 heterocycles. The standard InChI is InChI=1S/C16H18N2O3/c19-15-5-7-18(10-14(15)16(20)21)9-12-3-1-2-11-8-17-6-4-13(11)12/h1-4,6,8,14-15,19H,5,7,9-10H2,(H,20,21)/t14-,15-/m1/s1. The van der Waals surface area contributed by atoms with E-state index in [1.54, 1.807) is 6.20 Å². The van der Waals surface area contributed by atoms with Crippen LogP contribution in [0.2, 0.25) is 0 Å². The van der Waals surface area contributed by atoms with E-state index in [-0.39, 0.29) is 0 Å². The fourth-order valence-corrected chi connectivity index (χ4v) is 2.96. The highest BCUT2D eigenvalue weighted by Crippen LogP contribution is 2.23. The Morgan fingerprint density at radius 2 is 2.24 bits per heavy atom. The quantitative estimate of drug-likeness (QED) is 0.894. The van der Waals surface area contributed by atoms with Crippen molar-refractivity contribution in [3.8, 4) is 0 Å². The van der Waals surface area contributed by atoms with Gasteiger partial charge < -0.3 is 10.2 Å². The maximum Gasteiger partial charge on any atom is 0.310 e. The summed E-state index contributed by atoms with van der Waals surface area (Å²) in [6.07, 6.45) is 3.36. The lowest BCUT2D eigenvalue weighted by molar-refractivity contribution is -0.149. The van der Waals surface area contributed by atoms with Crippen LogP contribution in [0.5, 0.6) is 0 Å². The lowest BCUT2D eigenvalue weighted by Crippen LogP contribution is -2.46. The molecule has 0 amide bonds. The molecule has 1 aromatic heterocycles. The molecular weight excluding hydrogens is 268 g/mol. The molecule has 0 bridgehead atoms. The minimum Gasteiger partial charge on any atom is -0.481 e. The van der Waals surface area contributed by atoms with Gasteiger partial charge in [0.1, 0.15) is 0 Å². The Hall–Kier alpha value is -1.98. The summed E-state index contributed by atoms with van der Waals surface area (Å²) >= 11 is 0. The molecule has 21 heavy (non-hydrogen) atoms. The first-order chi connectivity index (χ1) is 10.1. The van der Waals surface area contributed by atoms with Crippen LogP contribution < -0.4 is 0 Å². The van der Waals surface area contributed by atoms with E-state index in [0.717, 1.165) is 16.3 Å². The van der Waals surface area contributed by atoms with Crippen molar-refractivity contribution in [3.05, 3.63) is 42.2 Å². The fourth-order valence-electron chi connectivity index (χ4n) is 2.96. The lowest BCUT2D eigenvalue weighted by atomic mass is 9.94. The summed E-state index contributed by atoms with van der Waals surface area (Å²) < 4.78 is 0. The summed E-state index contributed by atoms with van der Waals surface area (Å²) in [5.74, 6) is -1.62. The van der Waals surface area contributed by atoms with E-state index in [4.69, 9.17) is 5.11 Å². The van der Waals surface area contributed by atoms with Crippen LogP contribution >= 0.6 is 0 Å². The van der Waals surface area contributed by atoms with Gasteiger partial charge in [-0.1, -0.05) is 18.2 Å². The number of aliphatic hydroxyl groups excluding tert-OH is 1. The number of hydrogen-bond acceptors (Lipinski definition) is 4. The van der Waals surface area contributed by atoms with E-state index in [2.05, 4.69) is 16.0 Å². The van der Waals surface area contributed by atoms with Gasteiger partial charge in [0.25, 0.3) is 0 Å². The van der Waals surface area contributed by atoms with Crippen LogP contribution in [0.1, 0.15) is 12.0 Å². The van der Waals surface area contributed by atoms with Gasteiger partial charge in [0.15, 0.2) is 0 Å². The Morgan fingerprint density at radius 1 is 1.38 bits per heavy atom. The first-order valence-corrected chi connectivity index (χ1v) is 7.10. The van der Waals surface area contributed by atoms with E-state index >= 15 is 0 Å². The molecule has 0 unspecified atom stereocenters. The normalized spacial score (nSPS) is 23.3. The van der Waals surface area contributed by atoms with Gasteiger partial charge in [0, 0.05) is 37.4 Å². The lowest BCUT2D eigenvalue weighted by Gasteiger charge is -2.34. The second kappa shape index (κ2) is 5.79. The summed E-state index contributed by atoms with van der Waals surface area (Å²) in [7, 11) is 0. The van der Waals surface area contributed by atoms with E-state index in [1.165, 1.54) is 0 Å². The van der Waals surface area contributed by atoms with Crippen molar-refractivity contribution in [1.82, 2.24) is 9.88 Å². The first kappa shape index (κ1) is 14.0. The van der Waals surface area contributed by atoms with Crippen molar-refractivity contribution in [2.75, 3.05) is 13.1 Å². The van der Waals surface area contributed by atoms with Gasteiger partial charge in [-0.2, -0.15) is 0 Å². The van der Waals surface area contributed by atoms with Crippen LogP contribution in [0, 0.1) is 5.92 Å². The number of pyridine rings is 1. The number of likely N-dealkylation sites (tertiary alicyclic amines) is 1. The summed E-state index contributed by atoms with van der Waals surface area (Å²) in [4.78, 5) is 17.4. The third-order valence-corrected chi connectivity index (χ3v) is 4.14. The predicted octanol–water partition coefficient (Wildman–Crippen LogP) is 1.50. The number of nitrogens with zero attached hydrogens (tertiary/aromatic N) is 2. The molecule has 0 aliphatic carbocycles. The van der Waals surface area contributed by atoms with E-state index in [9.17, 15) is 9.90 Å². The Morgan fingerprint density at radius 3 is 3.05 bits per heavy atom. The molecule has 5 heteroatoms. The van der Waals surface area contributed by atoms with Crippen LogP contribution in [0.25, 0.3) is 10.8 Å². The number of piperidine rings is 1. The van der Waals surface area contributed by atoms with E-state index in [1.807, 2.05) is 24.4 Å². The van der Waals surface area contributed by atoms with E-state index in [0.29, 0.717) is 26.1 Å². The first-order valence-electron chi connectivity index (χ1n) is 7.10. The summed E-state index contributed by atoms with van der Waals surface area (Å²) in [5, 5.41) is 21.2. The molecule has 110 valence electrons. The monoisotopic (exact) mass is 286 g/mol. The number of aromatic nitrogens is 1. The van der Waals surface area contributed by atoms with Crippen LogP contribution in [0.15, 0.2) is 36.7 Å². The van der Waals surface area contributed by atoms with Gasteiger partial charge in [-0.3, -0.25) is 14.7 Å². The van der Waals surface area contributed by atoms with Crippen molar-refractivity contribution >= 4 is 16.7 Å². The summed E-state index contributed by atoms with van der Waals surface area (Å²) in [5.41, 5.74) is 1.16. The topological polar surface area (TPSA) is 73.7 Å². The number of hydrogen-bond donors (Lipinski definition) is 2. The number of carboxylic acids is 1. The molecule has 0 spiro atoms. The van der Waals surface area contributed by atoms with Crippen molar-refractivity contribution in [1.29, 1.82) is 0 Å². The predicted molar refractivity (Wildman–Crippen MR) is 78.8 cm³/mol. The number of carboxylic acid groups (broad SMARTS) is 1. The zero-order chi connectivity index (χ0) is 14.8. The number of benzene rings is 1. The molecule has 1 fully saturated rings. The maximum atomic E-state index is 11.2. The molecule has 5 nitrogen and oxygen atoms in total. The van der Waals surface area contributed by atoms with Crippen molar-refractivity contribution in [2.45, 2.75) is 19.1 Å². The number of rotatable bonds is 3. The summed E-state index contributed by atoms with van der Waals surface area (Å²) in [6, 6.07) is 8.06.